The molecule has 20 heavy (non-hydrogen) atoms. The number of thiazole rings is 1. The second-order valence-corrected chi connectivity index (χ2v) is 5.76. The topological polar surface area (TPSA) is 63.2 Å². The fraction of sp³-hybridized carbons (Fsp3) is 0.636. The summed E-state index contributed by atoms with van der Waals surface area (Å²) in [5.74, 6) is -3.26. The van der Waals surface area contributed by atoms with Gasteiger partial charge in [-0.1, -0.05) is 11.3 Å². The summed E-state index contributed by atoms with van der Waals surface area (Å²) in [6.07, 6.45) is 0.258. The number of carbonyl (C=O) groups excluding carboxylic acids is 1. The Bertz CT molecular complexity index is 488. The fourth-order valence-electron chi connectivity index (χ4n) is 2.17. The smallest absolute Gasteiger partial charge is 0.262 e. The molecule has 0 aliphatic carbocycles. The van der Waals surface area contributed by atoms with E-state index in [0.29, 0.717) is 18.3 Å². The lowest BCUT2D eigenvalue weighted by atomic mass is 10.2. The molecule has 0 saturated carbocycles. The fourth-order valence-corrected chi connectivity index (χ4v) is 3.12. The van der Waals surface area contributed by atoms with Crippen LogP contribution >= 0.6 is 23.7 Å². The normalized spacial score (nSPS) is 23.8. The number of hydrogen-bond acceptors (Lipinski definition) is 5. The van der Waals surface area contributed by atoms with E-state index in [1.54, 1.807) is 0 Å². The highest BCUT2D eigenvalue weighted by Gasteiger charge is 2.42. The van der Waals surface area contributed by atoms with E-state index in [-0.39, 0.29) is 12.4 Å². The lowest BCUT2D eigenvalue weighted by Crippen LogP contribution is -2.35. The first-order chi connectivity index (χ1) is 9.03. The van der Waals surface area contributed by atoms with Crippen LogP contribution in [0, 0.1) is 0 Å². The first-order valence-electron chi connectivity index (χ1n) is 6.02. The van der Waals surface area contributed by atoms with Crippen LogP contribution < -0.4 is 10.6 Å². The third-order valence-corrected chi connectivity index (χ3v) is 4.14. The molecule has 2 N–H and O–H groups in total. The molecule has 3 heterocycles. The lowest BCUT2D eigenvalue weighted by Gasteiger charge is -2.09. The molecule has 1 amide bonds. The number of nitrogens with zero attached hydrogens (tertiary/aromatic N) is 1. The number of hydrogen-bond donors (Lipinski definition) is 2. The Morgan fingerprint density at radius 2 is 2.35 bits per heavy atom. The molecule has 1 atom stereocenters. The molecule has 1 fully saturated rings. The lowest BCUT2D eigenvalue weighted by molar-refractivity contribution is -0.118. The van der Waals surface area contributed by atoms with Gasteiger partial charge in [0.05, 0.1) is 36.4 Å². The van der Waals surface area contributed by atoms with Crippen molar-refractivity contribution in [1.29, 1.82) is 0 Å². The van der Waals surface area contributed by atoms with E-state index in [2.05, 4.69) is 15.6 Å². The first-order valence-corrected chi connectivity index (χ1v) is 6.83. The van der Waals surface area contributed by atoms with E-state index in [0.717, 1.165) is 17.0 Å². The number of amides is 1. The quantitative estimate of drug-likeness (QED) is 0.866. The summed E-state index contributed by atoms with van der Waals surface area (Å²) >= 11 is 1.34. The van der Waals surface area contributed by atoms with Crippen molar-refractivity contribution in [3.8, 4) is 0 Å². The molecule has 0 aromatic carbocycles. The summed E-state index contributed by atoms with van der Waals surface area (Å²) in [4.78, 5) is 17.1. The Morgan fingerprint density at radius 1 is 1.55 bits per heavy atom. The highest BCUT2D eigenvalue weighted by atomic mass is 35.5. The number of fused-ring (bicyclic) bond motifs is 1. The summed E-state index contributed by atoms with van der Waals surface area (Å²) in [6.45, 7) is 0.677. The Balaban J connectivity index is 0.00000147. The number of rotatable bonds is 2. The van der Waals surface area contributed by atoms with Gasteiger partial charge in [-0.05, 0) is 0 Å². The molecule has 1 saturated heterocycles. The van der Waals surface area contributed by atoms with Gasteiger partial charge in [0, 0.05) is 12.8 Å². The first kappa shape index (κ1) is 15.6. The van der Waals surface area contributed by atoms with Gasteiger partial charge in [-0.3, -0.25) is 10.1 Å². The molecule has 5 nitrogen and oxygen atoms in total. The van der Waals surface area contributed by atoms with Gasteiger partial charge in [-0.15, -0.1) is 12.4 Å². The van der Waals surface area contributed by atoms with Crippen LogP contribution in [0.5, 0.6) is 0 Å². The number of aromatic nitrogens is 1. The molecule has 0 radical (unpaired) electrons. The molecule has 0 bridgehead atoms. The van der Waals surface area contributed by atoms with Crippen LogP contribution in [0.2, 0.25) is 0 Å². The van der Waals surface area contributed by atoms with Crippen molar-refractivity contribution in [1.82, 2.24) is 10.3 Å². The van der Waals surface area contributed by atoms with Crippen molar-refractivity contribution in [2.24, 2.45) is 0 Å². The monoisotopic (exact) mass is 325 g/mol. The maximum absolute atomic E-state index is 13.0. The van der Waals surface area contributed by atoms with E-state index < -0.39 is 30.8 Å². The van der Waals surface area contributed by atoms with Gasteiger partial charge in [-0.2, -0.15) is 0 Å². The van der Waals surface area contributed by atoms with Crippen molar-refractivity contribution < 1.29 is 18.3 Å². The van der Waals surface area contributed by atoms with Gasteiger partial charge in [-0.25, -0.2) is 13.8 Å². The van der Waals surface area contributed by atoms with Crippen molar-refractivity contribution in [2.45, 2.75) is 31.4 Å². The summed E-state index contributed by atoms with van der Waals surface area (Å²) in [7, 11) is 0. The van der Waals surface area contributed by atoms with E-state index in [1.807, 2.05) is 0 Å². The minimum Gasteiger partial charge on any atom is -0.375 e. The van der Waals surface area contributed by atoms with Crippen LogP contribution in [0.3, 0.4) is 0 Å². The standard InChI is InChI=1S/C11H13F2N3O2S.ClH/c12-11(13)3-7(14-5-11)9(17)16-10-15-6-1-2-18-4-8(6)19-10;/h7,14H,1-5H2,(H,15,16,17);1H. The van der Waals surface area contributed by atoms with E-state index >= 15 is 0 Å². The summed E-state index contributed by atoms with van der Waals surface area (Å²) < 4.78 is 31.3. The SMILES string of the molecule is Cl.O=C(Nc1nc2c(s1)COCC2)C1CC(F)(F)CN1. The third kappa shape index (κ3) is 3.25. The molecule has 1 unspecified atom stereocenters. The molecule has 1 aromatic rings. The van der Waals surface area contributed by atoms with Crippen molar-refractivity contribution in [2.75, 3.05) is 18.5 Å². The second-order valence-electron chi connectivity index (χ2n) is 4.67. The zero-order valence-electron chi connectivity index (χ0n) is 10.4. The third-order valence-electron chi connectivity index (χ3n) is 3.15. The number of ether oxygens (including phenoxy) is 1. The van der Waals surface area contributed by atoms with Crippen LogP contribution in [0.15, 0.2) is 0 Å². The van der Waals surface area contributed by atoms with Crippen molar-refractivity contribution in [3.63, 3.8) is 0 Å². The van der Waals surface area contributed by atoms with Gasteiger partial charge < -0.3 is 10.1 Å². The van der Waals surface area contributed by atoms with Crippen LogP contribution in [0.25, 0.3) is 0 Å². The Morgan fingerprint density at radius 3 is 3.00 bits per heavy atom. The van der Waals surface area contributed by atoms with Gasteiger partial charge in [0.2, 0.25) is 5.91 Å². The van der Waals surface area contributed by atoms with E-state index in [4.69, 9.17) is 4.74 Å². The molecule has 3 rings (SSSR count). The molecule has 2 aliphatic heterocycles. The number of carbonyl (C=O) groups is 1. The molecule has 2 aliphatic rings. The number of anilines is 1. The Hall–Kier alpha value is -0.830. The highest BCUT2D eigenvalue weighted by molar-refractivity contribution is 7.15. The van der Waals surface area contributed by atoms with Crippen LogP contribution in [0.1, 0.15) is 17.0 Å². The summed E-state index contributed by atoms with van der Waals surface area (Å²) in [6, 6.07) is -0.854. The molecule has 112 valence electrons. The molecular weight excluding hydrogens is 312 g/mol. The van der Waals surface area contributed by atoms with Crippen LogP contribution in [0.4, 0.5) is 13.9 Å². The van der Waals surface area contributed by atoms with Crippen LogP contribution in [-0.4, -0.2) is 36.0 Å². The van der Waals surface area contributed by atoms with E-state index in [1.165, 1.54) is 11.3 Å². The predicted octanol–water partition coefficient (Wildman–Crippen LogP) is 1.57. The Labute approximate surface area is 124 Å². The van der Waals surface area contributed by atoms with Crippen LogP contribution in [-0.2, 0) is 22.6 Å². The Kier molecular flexibility index (Phi) is 4.58. The highest BCUT2D eigenvalue weighted by Crippen LogP contribution is 2.29. The molecule has 1 aromatic heterocycles. The van der Waals surface area contributed by atoms with Crippen molar-refractivity contribution in [3.05, 3.63) is 10.6 Å². The van der Waals surface area contributed by atoms with Crippen molar-refractivity contribution >= 4 is 34.8 Å². The molecule has 9 heteroatoms. The minimum atomic E-state index is -2.81. The zero-order chi connectivity index (χ0) is 13.5. The second kappa shape index (κ2) is 5.88. The maximum atomic E-state index is 13.0. The summed E-state index contributed by atoms with van der Waals surface area (Å²) in [5.41, 5.74) is 0.927. The minimum absolute atomic E-state index is 0. The number of halogens is 3. The average molecular weight is 326 g/mol. The number of alkyl halides is 2. The summed E-state index contributed by atoms with van der Waals surface area (Å²) in [5, 5.41) is 5.57. The van der Waals surface area contributed by atoms with Gasteiger partial charge in [0.1, 0.15) is 0 Å². The van der Waals surface area contributed by atoms with Gasteiger partial charge >= 0.3 is 0 Å². The maximum Gasteiger partial charge on any atom is 0.262 e. The van der Waals surface area contributed by atoms with Gasteiger partial charge in [0.25, 0.3) is 5.92 Å². The molecular formula is C11H14ClF2N3O2S. The molecule has 0 spiro atoms. The van der Waals surface area contributed by atoms with E-state index in [9.17, 15) is 13.6 Å². The largest absolute Gasteiger partial charge is 0.375 e. The average Bonchev–Trinajstić information content (AvgIpc) is 2.91. The predicted molar refractivity (Wildman–Crippen MR) is 72.7 cm³/mol. The zero-order valence-corrected chi connectivity index (χ0v) is 12.1. The van der Waals surface area contributed by atoms with Gasteiger partial charge in [0.15, 0.2) is 5.13 Å². The number of nitrogens with one attached hydrogen (secondary N) is 2.